The Morgan fingerprint density at radius 2 is 2.05 bits per heavy atom. The number of sulfonamides is 1. The summed E-state index contributed by atoms with van der Waals surface area (Å²) in [6, 6.07) is 4.96. The van der Waals surface area contributed by atoms with E-state index in [2.05, 4.69) is 0 Å². The summed E-state index contributed by atoms with van der Waals surface area (Å²) in [6.45, 7) is 1.81. The fourth-order valence-corrected chi connectivity index (χ4v) is 5.32. The molecule has 21 heavy (non-hydrogen) atoms. The van der Waals surface area contributed by atoms with Gasteiger partial charge in [-0.25, -0.2) is 13.2 Å². The van der Waals surface area contributed by atoms with Crippen molar-refractivity contribution in [2.24, 2.45) is 0 Å². The van der Waals surface area contributed by atoms with Crippen LogP contribution in [0.4, 0.5) is 0 Å². The lowest BCUT2D eigenvalue weighted by molar-refractivity contribution is 0.0698. The van der Waals surface area contributed by atoms with Crippen molar-refractivity contribution >= 4 is 38.7 Å². The van der Waals surface area contributed by atoms with E-state index >= 15 is 0 Å². The van der Waals surface area contributed by atoms with E-state index in [0.29, 0.717) is 6.42 Å². The van der Waals surface area contributed by atoms with Crippen molar-refractivity contribution in [3.8, 4) is 0 Å². The monoisotopic (exact) mass is 345 g/mol. The average molecular weight is 345 g/mol. The van der Waals surface area contributed by atoms with E-state index < -0.39 is 16.0 Å². The molecular weight excluding hydrogens is 330 g/mol. The third-order valence-corrected chi connectivity index (χ3v) is 7.12. The third kappa shape index (κ3) is 3.34. The predicted octanol–water partition coefficient (Wildman–Crippen LogP) is 2.76. The lowest BCUT2D eigenvalue weighted by atomic mass is 10.2. The van der Waals surface area contributed by atoms with Gasteiger partial charge in [-0.3, -0.25) is 0 Å². The molecule has 5 nitrogen and oxygen atoms in total. The summed E-state index contributed by atoms with van der Waals surface area (Å²) in [5.41, 5.74) is 0. The van der Waals surface area contributed by atoms with E-state index in [1.165, 1.54) is 22.8 Å². The number of carboxylic acids is 1. The Morgan fingerprint density at radius 3 is 2.62 bits per heavy atom. The molecule has 0 amide bonds. The minimum atomic E-state index is -3.81. The van der Waals surface area contributed by atoms with Gasteiger partial charge < -0.3 is 5.11 Å². The van der Waals surface area contributed by atoms with E-state index in [0.717, 1.165) is 16.2 Å². The average Bonchev–Trinajstić information content (AvgIpc) is 3.08. The maximum Gasteiger partial charge on any atom is 0.347 e. The second-order valence-electron chi connectivity index (χ2n) is 4.57. The van der Waals surface area contributed by atoms with E-state index in [1.54, 1.807) is 11.3 Å². The van der Waals surface area contributed by atoms with Crippen LogP contribution in [0.3, 0.4) is 0 Å². The normalized spacial score (nSPS) is 13.5. The number of carbonyl (C=O) groups is 1. The first-order valence-corrected chi connectivity index (χ1v) is 9.35. The highest BCUT2D eigenvalue weighted by Crippen LogP contribution is 2.26. The number of rotatable bonds is 6. The first-order chi connectivity index (χ1) is 9.84. The molecule has 2 rings (SSSR count). The smallest absolute Gasteiger partial charge is 0.347 e. The quantitative estimate of drug-likeness (QED) is 0.873. The Morgan fingerprint density at radius 1 is 1.33 bits per heavy atom. The van der Waals surface area contributed by atoms with Crippen molar-refractivity contribution in [2.45, 2.75) is 24.3 Å². The highest BCUT2D eigenvalue weighted by atomic mass is 32.2. The van der Waals surface area contributed by atoms with Crippen LogP contribution in [0, 0.1) is 0 Å². The molecule has 0 saturated heterocycles. The fraction of sp³-hybridized carbons (Fsp3) is 0.308. The molecule has 2 aromatic heterocycles. The molecule has 1 N–H and O–H groups in total. The summed E-state index contributed by atoms with van der Waals surface area (Å²) in [7, 11) is -2.32. The zero-order valence-electron chi connectivity index (χ0n) is 11.5. The van der Waals surface area contributed by atoms with Crippen LogP contribution in [0.2, 0.25) is 0 Å². The van der Waals surface area contributed by atoms with Crippen LogP contribution in [0.5, 0.6) is 0 Å². The van der Waals surface area contributed by atoms with Crippen molar-refractivity contribution in [3.05, 3.63) is 38.7 Å². The first-order valence-electron chi connectivity index (χ1n) is 6.15. The predicted molar refractivity (Wildman–Crippen MR) is 83.7 cm³/mol. The van der Waals surface area contributed by atoms with Crippen molar-refractivity contribution in [3.63, 3.8) is 0 Å². The highest BCUT2D eigenvalue weighted by molar-refractivity contribution is 7.89. The maximum absolute atomic E-state index is 12.6. The molecule has 1 unspecified atom stereocenters. The summed E-state index contributed by atoms with van der Waals surface area (Å²) in [4.78, 5) is 11.9. The molecule has 1 atom stereocenters. The first kappa shape index (κ1) is 16.2. The molecule has 8 heteroatoms. The SMILES string of the molecule is CC(Cc1cccs1)N(C)S(=O)(=O)c1ccsc1C(=O)O. The molecule has 0 bridgehead atoms. The van der Waals surface area contributed by atoms with E-state index in [-0.39, 0.29) is 15.8 Å². The van der Waals surface area contributed by atoms with Crippen molar-refractivity contribution < 1.29 is 18.3 Å². The molecule has 2 aromatic rings. The van der Waals surface area contributed by atoms with Crippen LogP contribution in [-0.2, 0) is 16.4 Å². The number of hydrogen-bond donors (Lipinski definition) is 1. The van der Waals surface area contributed by atoms with Gasteiger partial charge in [-0.15, -0.1) is 22.7 Å². The standard InChI is InChI=1S/C13H15NO4S3/c1-9(8-10-4-3-6-19-10)14(2)21(17,18)11-5-7-20-12(11)13(15)16/h3-7,9H,8H2,1-2H3,(H,15,16). The Kier molecular flexibility index (Phi) is 4.82. The Labute approximate surface area is 131 Å². The van der Waals surface area contributed by atoms with Gasteiger partial charge in [-0.05, 0) is 36.2 Å². The summed E-state index contributed by atoms with van der Waals surface area (Å²) in [5.74, 6) is -1.22. The molecule has 0 aliphatic heterocycles. The molecule has 0 spiro atoms. The van der Waals surface area contributed by atoms with Gasteiger partial charge in [0.25, 0.3) is 0 Å². The number of carboxylic acid groups (broad SMARTS) is 1. The van der Waals surface area contributed by atoms with Gasteiger partial charge in [-0.1, -0.05) is 6.07 Å². The molecule has 0 saturated carbocycles. The Hall–Kier alpha value is -1.22. The van der Waals surface area contributed by atoms with Gasteiger partial charge in [0.15, 0.2) is 0 Å². The molecule has 0 fully saturated rings. The van der Waals surface area contributed by atoms with Crippen molar-refractivity contribution in [1.29, 1.82) is 0 Å². The van der Waals surface area contributed by atoms with Crippen LogP contribution in [0.15, 0.2) is 33.9 Å². The largest absolute Gasteiger partial charge is 0.477 e. The summed E-state index contributed by atoms with van der Waals surface area (Å²) in [6.07, 6.45) is 0.597. The van der Waals surface area contributed by atoms with Gasteiger partial charge in [-0.2, -0.15) is 4.31 Å². The van der Waals surface area contributed by atoms with Crippen LogP contribution in [0.1, 0.15) is 21.5 Å². The molecule has 2 heterocycles. The van der Waals surface area contributed by atoms with Gasteiger partial charge in [0.2, 0.25) is 10.0 Å². The zero-order chi connectivity index (χ0) is 15.6. The molecule has 0 radical (unpaired) electrons. The van der Waals surface area contributed by atoms with Gasteiger partial charge in [0.05, 0.1) is 0 Å². The highest BCUT2D eigenvalue weighted by Gasteiger charge is 2.30. The number of thiophene rings is 2. The molecular formula is C13H15NO4S3. The Bertz CT molecular complexity index is 718. The summed E-state index contributed by atoms with van der Waals surface area (Å²) >= 11 is 2.49. The van der Waals surface area contributed by atoms with E-state index in [9.17, 15) is 13.2 Å². The second-order valence-corrected chi connectivity index (χ2v) is 8.49. The van der Waals surface area contributed by atoms with Crippen molar-refractivity contribution in [1.82, 2.24) is 4.31 Å². The second kappa shape index (κ2) is 6.27. The Balaban J connectivity index is 2.26. The lowest BCUT2D eigenvalue weighted by Gasteiger charge is -2.23. The number of likely N-dealkylation sites (N-methyl/N-ethyl adjacent to an activating group) is 1. The zero-order valence-corrected chi connectivity index (χ0v) is 14.0. The van der Waals surface area contributed by atoms with Crippen molar-refractivity contribution in [2.75, 3.05) is 7.05 Å². The van der Waals surface area contributed by atoms with Gasteiger partial charge in [0.1, 0.15) is 9.77 Å². The minimum Gasteiger partial charge on any atom is -0.477 e. The third-order valence-electron chi connectivity index (χ3n) is 3.18. The molecule has 0 aliphatic rings. The molecule has 0 aliphatic carbocycles. The van der Waals surface area contributed by atoms with Crippen LogP contribution in [0.25, 0.3) is 0 Å². The molecule has 0 aromatic carbocycles. The van der Waals surface area contributed by atoms with E-state index in [4.69, 9.17) is 5.11 Å². The molecule has 114 valence electrons. The number of nitrogens with zero attached hydrogens (tertiary/aromatic N) is 1. The minimum absolute atomic E-state index is 0.138. The fourth-order valence-electron chi connectivity index (χ4n) is 1.90. The van der Waals surface area contributed by atoms with Crippen LogP contribution in [-0.4, -0.2) is 36.9 Å². The van der Waals surface area contributed by atoms with Gasteiger partial charge in [0, 0.05) is 18.0 Å². The van der Waals surface area contributed by atoms with Gasteiger partial charge >= 0.3 is 5.97 Å². The number of aromatic carboxylic acids is 1. The number of hydrogen-bond acceptors (Lipinski definition) is 5. The summed E-state index contributed by atoms with van der Waals surface area (Å²) < 4.78 is 26.4. The maximum atomic E-state index is 12.6. The topological polar surface area (TPSA) is 74.7 Å². The summed E-state index contributed by atoms with van der Waals surface area (Å²) in [5, 5.41) is 12.5. The lowest BCUT2D eigenvalue weighted by Crippen LogP contribution is -2.36. The van der Waals surface area contributed by atoms with Crippen LogP contribution >= 0.6 is 22.7 Å². The van der Waals surface area contributed by atoms with E-state index in [1.807, 2.05) is 24.4 Å². The van der Waals surface area contributed by atoms with Crippen LogP contribution < -0.4 is 0 Å².